The van der Waals surface area contributed by atoms with E-state index in [4.69, 9.17) is 0 Å². The van der Waals surface area contributed by atoms with Crippen LogP contribution in [-0.4, -0.2) is 37.5 Å². The third-order valence-corrected chi connectivity index (χ3v) is 2.59. The normalized spacial score (nSPS) is 14.5. The van der Waals surface area contributed by atoms with E-state index < -0.39 is 0 Å². The molecule has 1 atom stereocenters. The van der Waals surface area contributed by atoms with Crippen LogP contribution in [0.4, 0.5) is 0 Å². The summed E-state index contributed by atoms with van der Waals surface area (Å²) in [6.07, 6.45) is 0. The lowest BCUT2D eigenvalue weighted by molar-refractivity contribution is -0.121. The minimum Gasteiger partial charge on any atom is -0.353 e. The first-order chi connectivity index (χ1) is 6.66. The highest BCUT2D eigenvalue weighted by Crippen LogP contribution is 2.26. The lowest BCUT2D eigenvalue weighted by atomic mass is 9.78. The van der Waals surface area contributed by atoms with Gasteiger partial charge in [0.15, 0.2) is 0 Å². The van der Waals surface area contributed by atoms with Crippen molar-refractivity contribution in [2.45, 2.75) is 40.7 Å². The number of carbonyl (C=O) groups excluding carboxylic acids is 1. The minimum absolute atomic E-state index is 0.0560. The molecule has 3 nitrogen and oxygen atoms in total. The number of hydrogen-bond donors (Lipinski definition) is 1. The topological polar surface area (TPSA) is 32.3 Å². The van der Waals surface area contributed by atoms with Gasteiger partial charge in [-0.3, -0.25) is 4.79 Å². The van der Waals surface area contributed by atoms with Crippen LogP contribution in [0.15, 0.2) is 0 Å². The largest absolute Gasteiger partial charge is 0.353 e. The second kappa shape index (κ2) is 5.50. The molecule has 1 N–H and O–H groups in total. The van der Waals surface area contributed by atoms with Crippen LogP contribution in [0.3, 0.4) is 0 Å². The van der Waals surface area contributed by atoms with E-state index in [-0.39, 0.29) is 17.4 Å². The van der Waals surface area contributed by atoms with E-state index in [1.54, 1.807) is 6.92 Å². The van der Waals surface area contributed by atoms with E-state index in [1.165, 1.54) is 0 Å². The fourth-order valence-electron chi connectivity index (χ4n) is 2.40. The molecule has 0 saturated carbocycles. The Morgan fingerprint density at radius 2 is 1.80 bits per heavy atom. The van der Waals surface area contributed by atoms with E-state index in [0.717, 1.165) is 6.54 Å². The molecule has 1 amide bonds. The van der Waals surface area contributed by atoms with Gasteiger partial charge >= 0.3 is 0 Å². The SMILES string of the molecule is CC(=O)NC(C(C)C)C(C)(C)CN(C)C. The van der Waals surface area contributed by atoms with Gasteiger partial charge in [0.25, 0.3) is 0 Å². The van der Waals surface area contributed by atoms with Crippen LogP contribution in [0, 0.1) is 11.3 Å². The Balaban J connectivity index is 4.65. The van der Waals surface area contributed by atoms with Crippen molar-refractivity contribution in [1.82, 2.24) is 10.2 Å². The number of hydrogen-bond acceptors (Lipinski definition) is 2. The average molecular weight is 214 g/mol. The molecular formula is C12H26N2O. The molecule has 0 fully saturated rings. The lowest BCUT2D eigenvalue weighted by Crippen LogP contribution is -2.51. The van der Waals surface area contributed by atoms with E-state index in [1.807, 2.05) is 0 Å². The molecule has 15 heavy (non-hydrogen) atoms. The molecule has 0 aromatic rings. The summed E-state index contributed by atoms with van der Waals surface area (Å²) in [6, 6.07) is 0.220. The molecule has 0 rings (SSSR count). The van der Waals surface area contributed by atoms with Gasteiger partial charge in [0, 0.05) is 19.5 Å². The summed E-state index contributed by atoms with van der Waals surface area (Å²) in [7, 11) is 4.12. The van der Waals surface area contributed by atoms with Crippen LogP contribution >= 0.6 is 0 Å². The van der Waals surface area contributed by atoms with Gasteiger partial charge in [0.05, 0.1) is 0 Å². The van der Waals surface area contributed by atoms with Crippen molar-refractivity contribution in [3.8, 4) is 0 Å². The molecule has 0 aromatic heterocycles. The Bertz CT molecular complexity index is 210. The van der Waals surface area contributed by atoms with Gasteiger partial charge in [-0.15, -0.1) is 0 Å². The van der Waals surface area contributed by atoms with Crippen molar-refractivity contribution < 1.29 is 4.79 Å². The van der Waals surface area contributed by atoms with Gasteiger partial charge in [-0.2, -0.15) is 0 Å². The van der Waals surface area contributed by atoms with Crippen LogP contribution < -0.4 is 5.32 Å². The molecule has 90 valence electrons. The highest BCUT2D eigenvalue weighted by atomic mass is 16.1. The number of rotatable bonds is 5. The first-order valence-corrected chi connectivity index (χ1v) is 5.58. The summed E-state index contributed by atoms with van der Waals surface area (Å²) in [6.45, 7) is 11.3. The second-order valence-electron chi connectivity index (χ2n) is 5.65. The highest BCUT2D eigenvalue weighted by molar-refractivity contribution is 5.73. The molecule has 0 spiro atoms. The minimum atomic E-state index is 0.0560. The molecule has 0 aliphatic rings. The monoisotopic (exact) mass is 214 g/mol. The molecule has 0 aliphatic heterocycles. The third kappa shape index (κ3) is 5.17. The van der Waals surface area contributed by atoms with Gasteiger partial charge in [0.2, 0.25) is 5.91 Å². The summed E-state index contributed by atoms with van der Waals surface area (Å²) < 4.78 is 0. The Kier molecular flexibility index (Phi) is 5.29. The zero-order valence-electron chi connectivity index (χ0n) is 11.2. The quantitative estimate of drug-likeness (QED) is 0.756. The van der Waals surface area contributed by atoms with Gasteiger partial charge in [0.1, 0.15) is 0 Å². The summed E-state index contributed by atoms with van der Waals surface area (Å²) in [5, 5.41) is 3.06. The van der Waals surface area contributed by atoms with Gasteiger partial charge in [-0.1, -0.05) is 27.7 Å². The Hall–Kier alpha value is -0.570. The summed E-state index contributed by atoms with van der Waals surface area (Å²) in [5.41, 5.74) is 0.0866. The van der Waals surface area contributed by atoms with E-state index in [2.05, 4.69) is 52.0 Å². The highest BCUT2D eigenvalue weighted by Gasteiger charge is 2.32. The maximum absolute atomic E-state index is 11.2. The van der Waals surface area contributed by atoms with Crippen LogP contribution in [0.2, 0.25) is 0 Å². The Morgan fingerprint density at radius 3 is 2.07 bits per heavy atom. The molecule has 0 aromatic carbocycles. The maximum Gasteiger partial charge on any atom is 0.217 e. The van der Waals surface area contributed by atoms with Gasteiger partial charge < -0.3 is 10.2 Å². The average Bonchev–Trinajstić information content (AvgIpc) is 1.96. The fourth-order valence-corrected chi connectivity index (χ4v) is 2.40. The van der Waals surface area contributed by atoms with Crippen molar-refractivity contribution in [2.24, 2.45) is 11.3 Å². The number of nitrogens with zero attached hydrogens (tertiary/aromatic N) is 1. The van der Waals surface area contributed by atoms with E-state index in [9.17, 15) is 4.79 Å². The molecule has 0 saturated heterocycles. The molecule has 3 heteroatoms. The molecular weight excluding hydrogens is 188 g/mol. The van der Waals surface area contributed by atoms with Gasteiger partial charge in [-0.25, -0.2) is 0 Å². The summed E-state index contributed by atoms with van der Waals surface area (Å²) >= 11 is 0. The van der Waals surface area contributed by atoms with Crippen molar-refractivity contribution >= 4 is 5.91 Å². The first kappa shape index (κ1) is 14.4. The molecule has 0 heterocycles. The zero-order chi connectivity index (χ0) is 12.2. The molecule has 0 aliphatic carbocycles. The molecule has 0 radical (unpaired) electrons. The molecule has 0 bridgehead atoms. The van der Waals surface area contributed by atoms with Crippen molar-refractivity contribution in [3.63, 3.8) is 0 Å². The third-order valence-electron chi connectivity index (χ3n) is 2.59. The lowest BCUT2D eigenvalue weighted by Gasteiger charge is -2.39. The van der Waals surface area contributed by atoms with Gasteiger partial charge in [-0.05, 0) is 25.4 Å². The standard InChI is InChI=1S/C12H26N2O/c1-9(2)11(13-10(3)15)12(4,5)8-14(6)7/h9,11H,8H2,1-7H3,(H,13,15). The maximum atomic E-state index is 11.2. The Morgan fingerprint density at radius 1 is 1.33 bits per heavy atom. The fraction of sp³-hybridized carbons (Fsp3) is 0.917. The van der Waals surface area contributed by atoms with Crippen LogP contribution in [0.25, 0.3) is 0 Å². The number of amides is 1. The van der Waals surface area contributed by atoms with Crippen LogP contribution in [0.5, 0.6) is 0 Å². The zero-order valence-corrected chi connectivity index (χ0v) is 11.2. The van der Waals surface area contributed by atoms with Crippen molar-refractivity contribution in [2.75, 3.05) is 20.6 Å². The summed E-state index contributed by atoms with van der Waals surface area (Å²) in [4.78, 5) is 13.3. The predicted octanol–water partition coefficient (Wildman–Crippen LogP) is 1.73. The first-order valence-electron chi connectivity index (χ1n) is 5.58. The van der Waals surface area contributed by atoms with Crippen LogP contribution in [-0.2, 0) is 4.79 Å². The van der Waals surface area contributed by atoms with Crippen molar-refractivity contribution in [1.29, 1.82) is 0 Å². The van der Waals surface area contributed by atoms with E-state index in [0.29, 0.717) is 5.92 Å². The Labute approximate surface area is 94.2 Å². The van der Waals surface area contributed by atoms with E-state index >= 15 is 0 Å². The van der Waals surface area contributed by atoms with Crippen molar-refractivity contribution in [3.05, 3.63) is 0 Å². The second-order valence-corrected chi connectivity index (χ2v) is 5.65. The smallest absolute Gasteiger partial charge is 0.217 e. The number of nitrogens with one attached hydrogen (secondary N) is 1. The van der Waals surface area contributed by atoms with Crippen LogP contribution in [0.1, 0.15) is 34.6 Å². The summed E-state index contributed by atoms with van der Waals surface area (Å²) in [5.74, 6) is 0.504. The predicted molar refractivity (Wildman–Crippen MR) is 64.8 cm³/mol. The number of carbonyl (C=O) groups is 1. The molecule has 1 unspecified atom stereocenters.